The number of aromatic amines is 1. The number of carbonyl (C=O) groups excluding carboxylic acids is 1. The molecule has 2 aromatic heterocycles. The van der Waals surface area contributed by atoms with Crippen LogP contribution in [0.5, 0.6) is 0 Å². The second-order valence-corrected chi connectivity index (χ2v) is 4.14. The van der Waals surface area contributed by atoms with E-state index in [1.165, 1.54) is 12.3 Å². The largest absolute Gasteiger partial charge is 0.480 e. The number of hydrogen-bond acceptors (Lipinski definition) is 4. The number of hydrogen-bond donors (Lipinski definition) is 3. The maximum atomic E-state index is 12.2. The molecule has 0 aliphatic carbocycles. The van der Waals surface area contributed by atoms with Gasteiger partial charge < -0.3 is 14.8 Å². The summed E-state index contributed by atoms with van der Waals surface area (Å²) in [4.78, 5) is 22.6. The summed E-state index contributed by atoms with van der Waals surface area (Å²) in [6.45, 7) is 0. The fourth-order valence-corrected chi connectivity index (χ4v) is 1.63. The van der Waals surface area contributed by atoms with Crippen LogP contribution in [0.4, 0.5) is 8.78 Å². The molecule has 0 fully saturated rings. The summed E-state index contributed by atoms with van der Waals surface area (Å²) in [6.07, 6.45) is -2.39. The minimum absolute atomic E-state index is 0.123. The molecule has 21 heavy (non-hydrogen) atoms. The fourth-order valence-electron chi connectivity index (χ4n) is 1.63. The molecule has 0 bridgehead atoms. The van der Waals surface area contributed by atoms with E-state index in [0.29, 0.717) is 11.5 Å². The maximum absolute atomic E-state index is 12.2. The zero-order chi connectivity index (χ0) is 15.4. The van der Waals surface area contributed by atoms with Gasteiger partial charge in [-0.3, -0.25) is 9.89 Å². The Morgan fingerprint density at radius 2 is 2.24 bits per heavy atom. The van der Waals surface area contributed by atoms with Crippen LogP contribution < -0.4 is 5.32 Å². The molecule has 1 unspecified atom stereocenters. The lowest BCUT2D eigenvalue weighted by atomic mass is 10.2. The molecular formula is C12H11F2N3O4. The first-order valence-corrected chi connectivity index (χ1v) is 5.88. The van der Waals surface area contributed by atoms with Crippen molar-refractivity contribution in [2.24, 2.45) is 0 Å². The highest BCUT2D eigenvalue weighted by molar-refractivity contribution is 5.95. The molecular weight excluding hydrogens is 288 g/mol. The lowest BCUT2D eigenvalue weighted by Crippen LogP contribution is -2.42. The Labute approximate surface area is 117 Å². The molecule has 0 saturated heterocycles. The molecule has 7 nitrogen and oxygen atoms in total. The first-order chi connectivity index (χ1) is 9.97. The highest BCUT2D eigenvalue weighted by atomic mass is 19.3. The summed E-state index contributed by atoms with van der Waals surface area (Å²) in [7, 11) is 0. The van der Waals surface area contributed by atoms with E-state index in [1.54, 1.807) is 12.1 Å². The Balaban J connectivity index is 2.07. The molecule has 9 heteroatoms. The minimum atomic E-state index is -2.84. The van der Waals surface area contributed by atoms with Crippen LogP contribution in [0.25, 0.3) is 11.5 Å². The van der Waals surface area contributed by atoms with Crippen LogP contribution in [-0.4, -0.2) is 39.6 Å². The quantitative estimate of drug-likeness (QED) is 0.749. The second kappa shape index (κ2) is 6.16. The molecule has 0 spiro atoms. The molecule has 1 amide bonds. The van der Waals surface area contributed by atoms with Crippen molar-refractivity contribution < 1.29 is 27.9 Å². The van der Waals surface area contributed by atoms with Gasteiger partial charge in [-0.25, -0.2) is 13.6 Å². The minimum Gasteiger partial charge on any atom is -0.480 e. The third-order valence-electron chi connectivity index (χ3n) is 2.61. The number of halogens is 2. The van der Waals surface area contributed by atoms with E-state index in [0.717, 1.165) is 0 Å². The first kappa shape index (κ1) is 14.7. The van der Waals surface area contributed by atoms with Crippen LogP contribution in [-0.2, 0) is 4.79 Å². The van der Waals surface area contributed by atoms with Crippen molar-refractivity contribution in [3.8, 4) is 11.5 Å². The van der Waals surface area contributed by atoms with Crippen LogP contribution in [0.15, 0.2) is 28.9 Å². The van der Waals surface area contributed by atoms with Crippen LogP contribution in [0.1, 0.15) is 16.9 Å². The van der Waals surface area contributed by atoms with Gasteiger partial charge in [0.2, 0.25) is 6.43 Å². The molecule has 112 valence electrons. The molecule has 0 radical (unpaired) electrons. The van der Waals surface area contributed by atoms with E-state index in [1.807, 2.05) is 5.32 Å². The summed E-state index contributed by atoms with van der Waals surface area (Å²) >= 11 is 0. The number of aromatic nitrogens is 2. The van der Waals surface area contributed by atoms with Gasteiger partial charge in [0, 0.05) is 12.5 Å². The molecule has 3 N–H and O–H groups in total. The number of nitrogens with one attached hydrogen (secondary N) is 2. The van der Waals surface area contributed by atoms with Crippen molar-refractivity contribution in [1.29, 1.82) is 0 Å². The standard InChI is InChI=1S/C12H11F2N3O4/c13-10(14)5-8(12(19)20)15-11(18)7-4-6(16-17-7)9-2-1-3-21-9/h1-4,8,10H,5H2,(H,15,18)(H,16,17)(H,19,20). The van der Waals surface area contributed by atoms with E-state index in [4.69, 9.17) is 9.52 Å². The van der Waals surface area contributed by atoms with Crippen LogP contribution >= 0.6 is 0 Å². The van der Waals surface area contributed by atoms with Gasteiger partial charge in [0.25, 0.3) is 5.91 Å². The van der Waals surface area contributed by atoms with E-state index < -0.39 is 30.8 Å². The molecule has 2 heterocycles. The SMILES string of the molecule is O=C(NC(CC(F)F)C(=O)O)c1cc(-c2ccco2)[nH]n1. The Bertz CT molecular complexity index is 624. The summed E-state index contributed by atoms with van der Waals surface area (Å²) in [5, 5.41) is 17.0. The van der Waals surface area contributed by atoms with Gasteiger partial charge >= 0.3 is 5.97 Å². The highest BCUT2D eigenvalue weighted by Gasteiger charge is 2.25. The number of carboxylic acid groups (broad SMARTS) is 1. The first-order valence-electron chi connectivity index (χ1n) is 5.88. The second-order valence-electron chi connectivity index (χ2n) is 4.14. The number of carboxylic acids is 1. The topological polar surface area (TPSA) is 108 Å². The number of furan rings is 1. The van der Waals surface area contributed by atoms with Crippen molar-refractivity contribution in [2.45, 2.75) is 18.9 Å². The summed E-state index contributed by atoms with van der Waals surface area (Å²) in [6, 6.07) is 2.92. The Morgan fingerprint density at radius 3 is 2.81 bits per heavy atom. The van der Waals surface area contributed by atoms with Crippen molar-refractivity contribution in [2.75, 3.05) is 0 Å². The summed E-state index contributed by atoms with van der Waals surface area (Å²) < 4.78 is 29.6. The van der Waals surface area contributed by atoms with Gasteiger partial charge in [-0.15, -0.1) is 0 Å². The summed E-state index contributed by atoms with van der Waals surface area (Å²) in [5.41, 5.74) is 0.285. The Kier molecular flexibility index (Phi) is 4.31. The average Bonchev–Trinajstić information content (AvgIpc) is 3.08. The number of carbonyl (C=O) groups is 2. The lowest BCUT2D eigenvalue weighted by molar-refractivity contribution is -0.140. The number of aliphatic carboxylic acids is 1. The molecule has 0 aliphatic heterocycles. The monoisotopic (exact) mass is 299 g/mol. The lowest BCUT2D eigenvalue weighted by Gasteiger charge is -2.12. The zero-order valence-electron chi connectivity index (χ0n) is 10.5. The molecule has 0 saturated carbocycles. The normalized spacial score (nSPS) is 12.3. The molecule has 0 aromatic carbocycles. The van der Waals surface area contributed by atoms with E-state index >= 15 is 0 Å². The highest BCUT2D eigenvalue weighted by Crippen LogP contribution is 2.17. The molecule has 0 aliphatic rings. The van der Waals surface area contributed by atoms with Gasteiger partial charge in [-0.2, -0.15) is 5.10 Å². The van der Waals surface area contributed by atoms with Crippen molar-refractivity contribution in [3.05, 3.63) is 30.2 Å². The van der Waals surface area contributed by atoms with Gasteiger partial charge in [0.15, 0.2) is 11.5 Å². The third kappa shape index (κ3) is 3.65. The van der Waals surface area contributed by atoms with E-state index in [9.17, 15) is 18.4 Å². The number of H-pyrrole nitrogens is 1. The van der Waals surface area contributed by atoms with Crippen molar-refractivity contribution >= 4 is 11.9 Å². The van der Waals surface area contributed by atoms with Gasteiger partial charge in [0.1, 0.15) is 11.7 Å². The summed E-state index contributed by atoms with van der Waals surface area (Å²) in [5.74, 6) is -1.97. The smallest absolute Gasteiger partial charge is 0.326 e. The molecule has 2 rings (SSSR count). The van der Waals surface area contributed by atoms with Crippen molar-refractivity contribution in [3.63, 3.8) is 0 Å². The predicted molar refractivity (Wildman–Crippen MR) is 65.8 cm³/mol. The van der Waals surface area contributed by atoms with Crippen LogP contribution in [0, 0.1) is 0 Å². The maximum Gasteiger partial charge on any atom is 0.326 e. The average molecular weight is 299 g/mol. The zero-order valence-corrected chi connectivity index (χ0v) is 10.5. The number of alkyl halides is 2. The number of nitrogens with zero attached hydrogens (tertiary/aromatic N) is 1. The van der Waals surface area contributed by atoms with Crippen molar-refractivity contribution in [1.82, 2.24) is 15.5 Å². The predicted octanol–water partition coefficient (Wildman–Crippen LogP) is 1.51. The van der Waals surface area contributed by atoms with Gasteiger partial charge in [-0.1, -0.05) is 0 Å². The number of rotatable bonds is 6. The fraction of sp³-hybridized carbons (Fsp3) is 0.250. The van der Waals surface area contributed by atoms with E-state index in [2.05, 4.69) is 10.2 Å². The van der Waals surface area contributed by atoms with Crippen LogP contribution in [0.2, 0.25) is 0 Å². The molecule has 2 aromatic rings. The van der Waals surface area contributed by atoms with Crippen LogP contribution in [0.3, 0.4) is 0 Å². The number of amides is 1. The third-order valence-corrected chi connectivity index (χ3v) is 2.61. The Morgan fingerprint density at radius 1 is 1.48 bits per heavy atom. The van der Waals surface area contributed by atoms with Gasteiger partial charge in [-0.05, 0) is 12.1 Å². The Hall–Kier alpha value is -2.71. The van der Waals surface area contributed by atoms with Gasteiger partial charge in [0.05, 0.1) is 6.26 Å². The molecule has 1 atom stereocenters. The van der Waals surface area contributed by atoms with E-state index in [-0.39, 0.29) is 5.69 Å².